The topological polar surface area (TPSA) is 21.8 Å². The zero-order valence-corrected chi connectivity index (χ0v) is 16.0. The van der Waals surface area contributed by atoms with E-state index < -0.39 is 0 Å². The quantitative estimate of drug-likeness (QED) is 0.574. The van der Waals surface area contributed by atoms with E-state index in [0.717, 1.165) is 70.4 Å². The first-order valence-electron chi connectivity index (χ1n) is 9.24. The van der Waals surface area contributed by atoms with Gasteiger partial charge in [0.05, 0.1) is 0 Å². The summed E-state index contributed by atoms with van der Waals surface area (Å²) in [5.74, 6) is 0. The maximum Gasteiger partial charge on any atom is 0.169 e. The molecule has 0 spiro atoms. The Kier molecular flexibility index (Phi) is 8.50. The number of nitrogens with zero attached hydrogens (tertiary/aromatic N) is 3. The van der Waals surface area contributed by atoms with E-state index in [2.05, 4.69) is 64.2 Å². The van der Waals surface area contributed by atoms with Gasteiger partial charge in [0, 0.05) is 39.3 Å². The number of hydrogen-bond donors (Lipinski definition) is 1. The SMILES string of the molecule is CCN(CC)CCCNC(=S)N1CCN(Cc2ccccc2)CC1. The summed E-state index contributed by atoms with van der Waals surface area (Å²) in [5.41, 5.74) is 1.39. The highest BCUT2D eigenvalue weighted by molar-refractivity contribution is 7.80. The molecule has 0 atom stereocenters. The zero-order valence-electron chi connectivity index (χ0n) is 15.2. The molecular weight excluding hydrogens is 316 g/mol. The zero-order chi connectivity index (χ0) is 17.2. The van der Waals surface area contributed by atoms with E-state index in [4.69, 9.17) is 12.2 Å². The van der Waals surface area contributed by atoms with Gasteiger partial charge in [-0.05, 0) is 43.8 Å². The van der Waals surface area contributed by atoms with Crippen LogP contribution in [0.15, 0.2) is 30.3 Å². The van der Waals surface area contributed by atoms with Crippen molar-refractivity contribution in [3.63, 3.8) is 0 Å². The van der Waals surface area contributed by atoms with Crippen LogP contribution in [0.25, 0.3) is 0 Å². The van der Waals surface area contributed by atoms with Crippen LogP contribution in [0.3, 0.4) is 0 Å². The number of nitrogens with one attached hydrogen (secondary N) is 1. The van der Waals surface area contributed by atoms with Crippen LogP contribution in [-0.4, -0.2) is 72.2 Å². The minimum atomic E-state index is 0.925. The van der Waals surface area contributed by atoms with Crippen LogP contribution in [0, 0.1) is 0 Å². The number of thiocarbonyl (C=S) groups is 1. The molecule has 1 aliphatic rings. The molecular formula is C19H32N4S. The van der Waals surface area contributed by atoms with Crippen LogP contribution >= 0.6 is 12.2 Å². The van der Waals surface area contributed by atoms with Crippen molar-refractivity contribution in [3.05, 3.63) is 35.9 Å². The Morgan fingerprint density at radius 3 is 2.38 bits per heavy atom. The van der Waals surface area contributed by atoms with Gasteiger partial charge in [0.2, 0.25) is 0 Å². The number of piperazine rings is 1. The van der Waals surface area contributed by atoms with Crippen molar-refractivity contribution < 1.29 is 0 Å². The molecule has 0 radical (unpaired) electrons. The van der Waals surface area contributed by atoms with Crippen LogP contribution in [0.5, 0.6) is 0 Å². The summed E-state index contributed by atoms with van der Waals surface area (Å²) in [6, 6.07) is 10.7. The van der Waals surface area contributed by atoms with E-state index in [9.17, 15) is 0 Å². The first kappa shape index (κ1) is 19.2. The van der Waals surface area contributed by atoms with Gasteiger partial charge in [0.25, 0.3) is 0 Å². The molecule has 4 nitrogen and oxygen atoms in total. The van der Waals surface area contributed by atoms with Crippen LogP contribution in [0.2, 0.25) is 0 Å². The van der Waals surface area contributed by atoms with Gasteiger partial charge in [-0.2, -0.15) is 0 Å². The van der Waals surface area contributed by atoms with Crippen molar-refractivity contribution in [2.45, 2.75) is 26.8 Å². The summed E-state index contributed by atoms with van der Waals surface area (Å²) in [7, 11) is 0. The van der Waals surface area contributed by atoms with E-state index in [1.807, 2.05) is 0 Å². The average Bonchev–Trinajstić information content (AvgIpc) is 2.63. The van der Waals surface area contributed by atoms with Crippen LogP contribution < -0.4 is 5.32 Å². The molecule has 0 bridgehead atoms. The lowest BCUT2D eigenvalue weighted by atomic mass is 10.2. The van der Waals surface area contributed by atoms with Crippen molar-refractivity contribution in [1.29, 1.82) is 0 Å². The Morgan fingerprint density at radius 2 is 1.75 bits per heavy atom. The van der Waals surface area contributed by atoms with Gasteiger partial charge in [0.15, 0.2) is 5.11 Å². The lowest BCUT2D eigenvalue weighted by Crippen LogP contribution is -2.51. The van der Waals surface area contributed by atoms with Gasteiger partial charge in [-0.1, -0.05) is 44.2 Å². The highest BCUT2D eigenvalue weighted by atomic mass is 32.1. The van der Waals surface area contributed by atoms with Crippen molar-refractivity contribution in [2.24, 2.45) is 0 Å². The normalized spacial score (nSPS) is 15.7. The third-order valence-electron chi connectivity index (χ3n) is 4.73. The number of benzene rings is 1. The Bertz CT molecular complexity index is 468. The third-order valence-corrected chi connectivity index (χ3v) is 5.13. The molecule has 5 heteroatoms. The summed E-state index contributed by atoms with van der Waals surface area (Å²) in [4.78, 5) is 7.27. The molecule has 2 rings (SSSR count). The largest absolute Gasteiger partial charge is 0.363 e. The van der Waals surface area contributed by atoms with E-state index in [1.165, 1.54) is 5.56 Å². The van der Waals surface area contributed by atoms with Gasteiger partial charge in [-0.15, -0.1) is 0 Å². The summed E-state index contributed by atoms with van der Waals surface area (Å²) >= 11 is 5.56. The standard InChI is InChI=1S/C19H32N4S/c1-3-21(4-2)12-8-11-20-19(24)23-15-13-22(14-16-23)17-18-9-6-5-7-10-18/h5-7,9-10H,3-4,8,11-17H2,1-2H3,(H,20,24). The van der Waals surface area contributed by atoms with Crippen LogP contribution in [0.4, 0.5) is 0 Å². The summed E-state index contributed by atoms with van der Waals surface area (Å²) in [6.07, 6.45) is 1.15. The first-order chi connectivity index (χ1) is 11.7. The van der Waals surface area contributed by atoms with E-state index in [-0.39, 0.29) is 0 Å². The molecule has 1 aromatic carbocycles. The monoisotopic (exact) mass is 348 g/mol. The second-order valence-corrected chi connectivity index (χ2v) is 6.75. The van der Waals surface area contributed by atoms with Crippen LogP contribution in [-0.2, 0) is 6.54 Å². The molecule has 0 saturated carbocycles. The smallest absolute Gasteiger partial charge is 0.169 e. The molecule has 0 aromatic heterocycles. The highest BCUT2D eigenvalue weighted by Crippen LogP contribution is 2.08. The molecule has 1 saturated heterocycles. The fourth-order valence-corrected chi connectivity index (χ4v) is 3.38. The number of hydrogen-bond acceptors (Lipinski definition) is 3. The molecule has 1 heterocycles. The van der Waals surface area contributed by atoms with Crippen molar-refractivity contribution in [1.82, 2.24) is 20.0 Å². The lowest BCUT2D eigenvalue weighted by molar-refractivity contribution is 0.174. The van der Waals surface area contributed by atoms with Crippen molar-refractivity contribution in [3.8, 4) is 0 Å². The second kappa shape index (κ2) is 10.6. The summed E-state index contributed by atoms with van der Waals surface area (Å²) < 4.78 is 0. The maximum atomic E-state index is 5.56. The van der Waals surface area contributed by atoms with Gasteiger partial charge in [-0.3, -0.25) is 4.90 Å². The fraction of sp³-hybridized carbons (Fsp3) is 0.632. The van der Waals surface area contributed by atoms with Crippen LogP contribution in [0.1, 0.15) is 25.8 Å². The van der Waals surface area contributed by atoms with Crippen molar-refractivity contribution >= 4 is 17.3 Å². The minimum Gasteiger partial charge on any atom is -0.363 e. The average molecular weight is 349 g/mol. The summed E-state index contributed by atoms with van der Waals surface area (Å²) in [6.45, 7) is 14.1. The van der Waals surface area contributed by atoms with E-state index >= 15 is 0 Å². The minimum absolute atomic E-state index is 0.925. The predicted molar refractivity (Wildman–Crippen MR) is 106 cm³/mol. The molecule has 1 aromatic rings. The van der Waals surface area contributed by atoms with Gasteiger partial charge >= 0.3 is 0 Å². The first-order valence-corrected chi connectivity index (χ1v) is 9.65. The third kappa shape index (κ3) is 6.38. The summed E-state index contributed by atoms with van der Waals surface area (Å²) in [5, 5.41) is 4.36. The Hall–Kier alpha value is -1.17. The predicted octanol–water partition coefficient (Wildman–Crippen LogP) is 2.41. The Morgan fingerprint density at radius 1 is 1.08 bits per heavy atom. The van der Waals surface area contributed by atoms with Gasteiger partial charge < -0.3 is 15.1 Å². The Labute approximate surface area is 152 Å². The number of rotatable bonds is 8. The van der Waals surface area contributed by atoms with Gasteiger partial charge in [-0.25, -0.2) is 0 Å². The molecule has 1 N–H and O–H groups in total. The fourth-order valence-electron chi connectivity index (χ4n) is 3.10. The maximum absolute atomic E-state index is 5.56. The molecule has 0 aliphatic carbocycles. The molecule has 134 valence electrons. The molecule has 0 amide bonds. The Balaban J connectivity index is 1.62. The second-order valence-electron chi connectivity index (χ2n) is 6.36. The molecule has 1 fully saturated rings. The van der Waals surface area contributed by atoms with E-state index in [0.29, 0.717) is 0 Å². The highest BCUT2D eigenvalue weighted by Gasteiger charge is 2.18. The lowest BCUT2D eigenvalue weighted by Gasteiger charge is -2.36. The van der Waals surface area contributed by atoms with Gasteiger partial charge in [0.1, 0.15) is 0 Å². The molecule has 24 heavy (non-hydrogen) atoms. The van der Waals surface area contributed by atoms with E-state index in [1.54, 1.807) is 0 Å². The molecule has 1 aliphatic heterocycles. The van der Waals surface area contributed by atoms with Crippen molar-refractivity contribution in [2.75, 3.05) is 52.4 Å². The molecule has 0 unspecified atom stereocenters.